The summed E-state index contributed by atoms with van der Waals surface area (Å²) in [5, 5.41) is 15.9. The molecule has 0 fully saturated rings. The molecule has 0 radical (unpaired) electrons. The third-order valence-corrected chi connectivity index (χ3v) is 6.78. The molecule has 0 bridgehead atoms. The number of hydrogen-bond acceptors (Lipinski definition) is 7. The number of methoxy groups -OCH3 is 1. The molecule has 0 saturated heterocycles. The second-order valence-electron chi connectivity index (χ2n) is 7.22. The van der Waals surface area contributed by atoms with Crippen molar-refractivity contribution in [2.75, 3.05) is 18.2 Å². The molecular weight excluding hydrogens is 456 g/mol. The average molecular weight is 477 g/mol. The predicted molar refractivity (Wildman–Crippen MR) is 131 cm³/mol. The summed E-state index contributed by atoms with van der Waals surface area (Å²) < 4.78 is 7.37. The third kappa shape index (κ3) is 4.35. The van der Waals surface area contributed by atoms with Crippen LogP contribution in [-0.4, -0.2) is 43.5 Å². The Hall–Kier alpha value is -3.63. The van der Waals surface area contributed by atoms with Gasteiger partial charge in [0.05, 0.1) is 24.2 Å². The van der Waals surface area contributed by atoms with Crippen LogP contribution < -0.4 is 10.1 Å². The van der Waals surface area contributed by atoms with Crippen LogP contribution in [0.3, 0.4) is 0 Å². The van der Waals surface area contributed by atoms with Crippen molar-refractivity contribution in [1.82, 2.24) is 24.7 Å². The number of aromatic amines is 1. The first kappa shape index (κ1) is 21.2. The van der Waals surface area contributed by atoms with E-state index in [1.807, 2.05) is 71.6 Å². The van der Waals surface area contributed by atoms with Crippen molar-refractivity contribution in [3.63, 3.8) is 0 Å². The number of amides is 1. The smallest absolute Gasteiger partial charge is 0.236 e. The van der Waals surface area contributed by atoms with E-state index in [1.165, 1.54) is 23.1 Å². The number of carbonyl (C=O) groups is 1. The lowest BCUT2D eigenvalue weighted by Crippen LogP contribution is -2.14. The molecule has 2 aromatic carbocycles. The van der Waals surface area contributed by atoms with Crippen LogP contribution in [0.4, 0.5) is 5.13 Å². The fraction of sp³-hybridized carbons (Fsp3) is 0.130. The van der Waals surface area contributed by atoms with E-state index in [0.717, 1.165) is 33.6 Å². The number of H-pyrrole nitrogens is 1. The number of thiazole rings is 1. The fourth-order valence-electron chi connectivity index (χ4n) is 3.47. The van der Waals surface area contributed by atoms with Gasteiger partial charge < -0.3 is 15.0 Å². The summed E-state index contributed by atoms with van der Waals surface area (Å²) in [5.41, 5.74) is 3.66. The van der Waals surface area contributed by atoms with Crippen molar-refractivity contribution >= 4 is 45.0 Å². The van der Waals surface area contributed by atoms with Gasteiger partial charge in [-0.05, 0) is 25.1 Å². The third-order valence-electron chi connectivity index (χ3n) is 4.97. The molecule has 0 atom stereocenters. The minimum absolute atomic E-state index is 0.150. The van der Waals surface area contributed by atoms with Gasteiger partial charge in [-0.15, -0.1) is 21.5 Å². The average Bonchev–Trinajstić information content (AvgIpc) is 3.55. The number of carbonyl (C=O) groups excluding carboxylic acids is 1. The highest BCUT2D eigenvalue weighted by molar-refractivity contribution is 7.99. The van der Waals surface area contributed by atoms with Crippen LogP contribution in [0, 0.1) is 6.92 Å². The number of anilines is 1. The van der Waals surface area contributed by atoms with Crippen molar-refractivity contribution < 1.29 is 9.53 Å². The number of rotatable bonds is 7. The quantitative estimate of drug-likeness (QED) is 0.324. The van der Waals surface area contributed by atoms with Gasteiger partial charge in [0.1, 0.15) is 5.75 Å². The van der Waals surface area contributed by atoms with Gasteiger partial charge >= 0.3 is 0 Å². The molecule has 5 rings (SSSR count). The number of para-hydroxylation sites is 1. The Bertz CT molecular complexity index is 1440. The van der Waals surface area contributed by atoms with Crippen LogP contribution in [0.5, 0.6) is 5.75 Å². The minimum Gasteiger partial charge on any atom is -0.497 e. The molecule has 33 heavy (non-hydrogen) atoms. The van der Waals surface area contributed by atoms with Crippen LogP contribution in [0.25, 0.3) is 28.0 Å². The summed E-state index contributed by atoms with van der Waals surface area (Å²) in [5.74, 6) is 1.43. The first-order chi connectivity index (χ1) is 16.1. The van der Waals surface area contributed by atoms with Gasteiger partial charge in [-0.1, -0.05) is 36.0 Å². The molecule has 2 N–H and O–H groups in total. The van der Waals surface area contributed by atoms with E-state index in [0.29, 0.717) is 16.1 Å². The second-order valence-corrected chi connectivity index (χ2v) is 9.02. The molecule has 10 heteroatoms. The van der Waals surface area contributed by atoms with Crippen molar-refractivity contribution in [2.24, 2.45) is 0 Å². The molecule has 1 amide bonds. The molecule has 5 aromatic rings. The largest absolute Gasteiger partial charge is 0.497 e. The number of nitrogens with zero attached hydrogens (tertiary/aromatic N) is 4. The summed E-state index contributed by atoms with van der Waals surface area (Å²) in [7, 11) is 1.63. The van der Waals surface area contributed by atoms with Crippen LogP contribution >= 0.6 is 23.1 Å². The van der Waals surface area contributed by atoms with E-state index in [4.69, 9.17) is 4.74 Å². The topological polar surface area (TPSA) is 97.7 Å². The predicted octanol–water partition coefficient (Wildman–Crippen LogP) is 4.92. The highest BCUT2D eigenvalue weighted by Crippen LogP contribution is 2.33. The zero-order valence-corrected chi connectivity index (χ0v) is 19.5. The first-order valence-electron chi connectivity index (χ1n) is 10.1. The normalized spacial score (nSPS) is 11.1. The molecule has 0 aliphatic rings. The molecule has 166 valence electrons. The number of aromatic nitrogens is 5. The summed E-state index contributed by atoms with van der Waals surface area (Å²) in [6.07, 6.45) is 1.93. The van der Waals surface area contributed by atoms with E-state index >= 15 is 0 Å². The summed E-state index contributed by atoms with van der Waals surface area (Å²) in [4.78, 5) is 20.1. The van der Waals surface area contributed by atoms with Crippen molar-refractivity contribution in [3.05, 3.63) is 65.8 Å². The summed E-state index contributed by atoms with van der Waals surface area (Å²) in [6, 6.07) is 15.7. The maximum absolute atomic E-state index is 12.5. The highest BCUT2D eigenvalue weighted by atomic mass is 32.2. The van der Waals surface area contributed by atoms with Gasteiger partial charge in [-0.25, -0.2) is 4.98 Å². The Balaban J connectivity index is 1.50. The van der Waals surface area contributed by atoms with Gasteiger partial charge in [0.2, 0.25) is 5.91 Å². The number of nitrogens with one attached hydrogen (secondary N) is 2. The Morgan fingerprint density at radius 2 is 2.09 bits per heavy atom. The second kappa shape index (κ2) is 9.08. The summed E-state index contributed by atoms with van der Waals surface area (Å²) in [6.45, 7) is 1.89. The standard InChI is InChI=1S/C23H20N6O2S2/c1-14-12-32-22(25-14)26-20(30)13-33-23-28-27-21(18-11-24-19-9-4-3-8-17(18)19)29(23)15-6-5-7-16(10-15)31-2/h3-12,24H,13H2,1-2H3,(H,25,26,30). The molecule has 0 unspecified atom stereocenters. The van der Waals surface area contributed by atoms with Gasteiger partial charge in [-0.2, -0.15) is 0 Å². The number of aryl methyl sites for hydroxylation is 1. The van der Waals surface area contributed by atoms with E-state index in [-0.39, 0.29) is 11.7 Å². The molecule has 3 heterocycles. The molecule has 8 nitrogen and oxygen atoms in total. The molecular formula is C23H20N6O2S2. The highest BCUT2D eigenvalue weighted by Gasteiger charge is 2.20. The van der Waals surface area contributed by atoms with Gasteiger partial charge in [-0.3, -0.25) is 9.36 Å². The lowest BCUT2D eigenvalue weighted by molar-refractivity contribution is -0.113. The van der Waals surface area contributed by atoms with Crippen LogP contribution in [0.2, 0.25) is 0 Å². The Kier molecular flexibility index (Phi) is 5.84. The summed E-state index contributed by atoms with van der Waals surface area (Å²) >= 11 is 2.72. The van der Waals surface area contributed by atoms with E-state index < -0.39 is 0 Å². The van der Waals surface area contributed by atoms with E-state index in [9.17, 15) is 4.79 Å². The van der Waals surface area contributed by atoms with Gasteiger partial charge in [0.15, 0.2) is 16.1 Å². The van der Waals surface area contributed by atoms with E-state index in [1.54, 1.807) is 7.11 Å². The SMILES string of the molecule is COc1cccc(-n2c(SCC(=O)Nc3nc(C)cs3)nnc2-c2c[nH]c3ccccc23)c1. The maximum Gasteiger partial charge on any atom is 0.236 e. The van der Waals surface area contributed by atoms with Crippen molar-refractivity contribution in [3.8, 4) is 22.8 Å². The van der Waals surface area contributed by atoms with Gasteiger partial charge in [0.25, 0.3) is 0 Å². The van der Waals surface area contributed by atoms with Crippen molar-refractivity contribution in [2.45, 2.75) is 12.1 Å². The van der Waals surface area contributed by atoms with Crippen LogP contribution in [0.1, 0.15) is 5.69 Å². The van der Waals surface area contributed by atoms with Crippen molar-refractivity contribution in [1.29, 1.82) is 0 Å². The monoisotopic (exact) mass is 476 g/mol. The maximum atomic E-state index is 12.5. The zero-order chi connectivity index (χ0) is 22.8. The number of hydrogen-bond donors (Lipinski definition) is 2. The van der Waals surface area contributed by atoms with E-state index in [2.05, 4.69) is 25.5 Å². The number of thioether (sulfide) groups is 1. The fourth-order valence-corrected chi connectivity index (χ4v) is 4.93. The van der Waals surface area contributed by atoms with Gasteiger partial charge in [0, 0.05) is 34.1 Å². The first-order valence-corrected chi connectivity index (χ1v) is 12.0. The number of benzene rings is 2. The molecule has 0 saturated carbocycles. The molecule has 0 aliphatic carbocycles. The number of fused-ring (bicyclic) bond motifs is 1. The molecule has 0 aliphatic heterocycles. The molecule has 0 spiro atoms. The van der Waals surface area contributed by atoms with Crippen LogP contribution in [0.15, 0.2) is 65.3 Å². The Morgan fingerprint density at radius 3 is 2.91 bits per heavy atom. The lowest BCUT2D eigenvalue weighted by atomic mass is 10.1. The number of ether oxygens (including phenoxy) is 1. The minimum atomic E-state index is -0.150. The lowest BCUT2D eigenvalue weighted by Gasteiger charge is -2.11. The Morgan fingerprint density at radius 1 is 1.21 bits per heavy atom. The zero-order valence-electron chi connectivity index (χ0n) is 17.9. The molecule has 3 aromatic heterocycles. The Labute approximate surface area is 198 Å². The van der Waals surface area contributed by atoms with Crippen LogP contribution in [-0.2, 0) is 4.79 Å².